The fourth-order valence-electron chi connectivity index (χ4n) is 1.59. The molecule has 1 unspecified atom stereocenters. The highest BCUT2D eigenvalue weighted by Gasteiger charge is 2.32. The zero-order chi connectivity index (χ0) is 11.6. The Bertz CT molecular complexity index is 348. The van der Waals surface area contributed by atoms with Gasteiger partial charge >= 0.3 is 0 Å². The van der Waals surface area contributed by atoms with E-state index in [0.29, 0.717) is 11.1 Å². The van der Waals surface area contributed by atoms with Crippen molar-refractivity contribution < 1.29 is 19.0 Å². The number of aliphatic hydroxyl groups is 2. The van der Waals surface area contributed by atoms with Crippen molar-refractivity contribution in [2.24, 2.45) is 0 Å². The minimum absolute atomic E-state index is 0.233. The summed E-state index contributed by atoms with van der Waals surface area (Å²) in [6, 6.07) is 4.31. The molecule has 0 aliphatic carbocycles. The van der Waals surface area contributed by atoms with Crippen LogP contribution in [0.2, 0.25) is 0 Å². The van der Waals surface area contributed by atoms with Gasteiger partial charge in [0.05, 0.1) is 6.10 Å². The van der Waals surface area contributed by atoms with Gasteiger partial charge in [-0.2, -0.15) is 8.78 Å². The van der Waals surface area contributed by atoms with E-state index in [0.717, 1.165) is 0 Å². The van der Waals surface area contributed by atoms with Crippen molar-refractivity contribution in [3.05, 3.63) is 34.9 Å². The molecule has 2 nitrogen and oxygen atoms in total. The Morgan fingerprint density at radius 2 is 2.00 bits per heavy atom. The lowest BCUT2D eigenvalue weighted by molar-refractivity contribution is -0.0562. The van der Waals surface area contributed by atoms with Gasteiger partial charge in [-0.1, -0.05) is 18.2 Å². The molecule has 0 heterocycles. The standard InChI is InChI=1S/C11H14F2O2/c1-7-9(8(2)15)4-3-5-10(7)11(12,13)6-14/h3-5,8,14-15H,6H2,1-2H3. The Morgan fingerprint density at radius 1 is 1.40 bits per heavy atom. The number of hydrogen-bond acceptors (Lipinski definition) is 2. The maximum absolute atomic E-state index is 13.3. The van der Waals surface area contributed by atoms with Crippen molar-refractivity contribution in [3.8, 4) is 0 Å². The lowest BCUT2D eigenvalue weighted by Crippen LogP contribution is -2.20. The minimum Gasteiger partial charge on any atom is -0.390 e. The molecule has 0 aliphatic rings. The van der Waals surface area contributed by atoms with Crippen LogP contribution in [0.15, 0.2) is 18.2 Å². The first-order valence-electron chi connectivity index (χ1n) is 4.67. The first kappa shape index (κ1) is 12.1. The van der Waals surface area contributed by atoms with Gasteiger partial charge in [-0.3, -0.25) is 0 Å². The summed E-state index contributed by atoms with van der Waals surface area (Å²) in [6.45, 7) is 1.81. The fraction of sp³-hybridized carbons (Fsp3) is 0.455. The predicted molar refractivity (Wildman–Crippen MR) is 52.8 cm³/mol. The highest BCUT2D eigenvalue weighted by atomic mass is 19.3. The van der Waals surface area contributed by atoms with Crippen LogP contribution < -0.4 is 0 Å². The van der Waals surface area contributed by atoms with Gasteiger partial charge in [0.25, 0.3) is 5.92 Å². The summed E-state index contributed by atoms with van der Waals surface area (Å²) in [5.74, 6) is -3.25. The average Bonchev–Trinajstić information content (AvgIpc) is 2.17. The molecule has 0 spiro atoms. The molecular formula is C11H14F2O2. The zero-order valence-electron chi connectivity index (χ0n) is 8.67. The van der Waals surface area contributed by atoms with Crippen LogP contribution in [0.4, 0.5) is 8.78 Å². The third-order valence-electron chi connectivity index (χ3n) is 2.42. The molecule has 0 fully saturated rings. The summed E-state index contributed by atoms with van der Waals surface area (Å²) in [7, 11) is 0. The van der Waals surface area contributed by atoms with Crippen LogP contribution in [-0.4, -0.2) is 16.8 Å². The molecule has 0 aliphatic heterocycles. The highest BCUT2D eigenvalue weighted by molar-refractivity contribution is 5.38. The van der Waals surface area contributed by atoms with E-state index < -0.39 is 18.6 Å². The van der Waals surface area contributed by atoms with Crippen LogP contribution in [0, 0.1) is 6.92 Å². The summed E-state index contributed by atoms with van der Waals surface area (Å²) in [4.78, 5) is 0. The average molecular weight is 216 g/mol. The number of rotatable bonds is 3. The monoisotopic (exact) mass is 216 g/mol. The lowest BCUT2D eigenvalue weighted by atomic mass is 9.95. The van der Waals surface area contributed by atoms with Gasteiger partial charge in [0.2, 0.25) is 0 Å². The smallest absolute Gasteiger partial charge is 0.296 e. The molecule has 0 aromatic heterocycles. The maximum Gasteiger partial charge on any atom is 0.296 e. The second-order valence-corrected chi connectivity index (χ2v) is 3.56. The summed E-state index contributed by atoms with van der Waals surface area (Å²) < 4.78 is 26.5. The molecule has 1 aromatic carbocycles. The van der Waals surface area contributed by atoms with E-state index >= 15 is 0 Å². The van der Waals surface area contributed by atoms with E-state index in [9.17, 15) is 13.9 Å². The van der Waals surface area contributed by atoms with Crippen LogP contribution in [0.3, 0.4) is 0 Å². The van der Waals surface area contributed by atoms with Gasteiger partial charge in [-0.25, -0.2) is 0 Å². The van der Waals surface area contributed by atoms with Crippen LogP contribution in [0.25, 0.3) is 0 Å². The number of halogens is 2. The Morgan fingerprint density at radius 3 is 2.47 bits per heavy atom. The highest BCUT2D eigenvalue weighted by Crippen LogP contribution is 2.32. The van der Waals surface area contributed by atoms with Gasteiger partial charge in [0.1, 0.15) is 6.61 Å². The van der Waals surface area contributed by atoms with Crippen LogP contribution in [-0.2, 0) is 5.92 Å². The van der Waals surface area contributed by atoms with Gasteiger partial charge in [-0.05, 0) is 25.0 Å². The number of alkyl halides is 2. The molecule has 84 valence electrons. The summed E-state index contributed by atoms with van der Waals surface area (Å²) >= 11 is 0. The van der Waals surface area contributed by atoms with Crippen molar-refractivity contribution >= 4 is 0 Å². The molecule has 0 bridgehead atoms. The molecule has 1 rings (SSSR count). The molecule has 0 saturated heterocycles. The number of benzene rings is 1. The molecule has 0 radical (unpaired) electrons. The van der Waals surface area contributed by atoms with Crippen molar-refractivity contribution in [1.82, 2.24) is 0 Å². The van der Waals surface area contributed by atoms with E-state index in [2.05, 4.69) is 0 Å². The Kier molecular flexibility index (Phi) is 3.42. The van der Waals surface area contributed by atoms with E-state index in [1.54, 1.807) is 6.07 Å². The summed E-state index contributed by atoms with van der Waals surface area (Å²) in [6.07, 6.45) is -0.792. The van der Waals surface area contributed by atoms with Crippen molar-refractivity contribution in [1.29, 1.82) is 0 Å². The molecule has 1 atom stereocenters. The third kappa shape index (κ3) is 2.33. The van der Waals surface area contributed by atoms with Crippen molar-refractivity contribution in [3.63, 3.8) is 0 Å². The zero-order valence-corrected chi connectivity index (χ0v) is 8.67. The van der Waals surface area contributed by atoms with E-state index in [1.807, 2.05) is 0 Å². The summed E-state index contributed by atoms with van der Waals surface area (Å²) in [5.41, 5.74) is 0.551. The maximum atomic E-state index is 13.3. The van der Waals surface area contributed by atoms with Crippen LogP contribution >= 0.6 is 0 Å². The third-order valence-corrected chi connectivity index (χ3v) is 2.42. The van der Waals surface area contributed by atoms with Gasteiger partial charge < -0.3 is 10.2 Å². The number of aliphatic hydroxyl groups excluding tert-OH is 2. The predicted octanol–water partition coefficient (Wildman–Crippen LogP) is 2.13. The number of hydrogen-bond donors (Lipinski definition) is 2. The Labute approximate surface area is 87.2 Å². The molecule has 4 heteroatoms. The van der Waals surface area contributed by atoms with Crippen LogP contribution in [0.1, 0.15) is 29.7 Å². The lowest BCUT2D eigenvalue weighted by Gasteiger charge is -2.19. The van der Waals surface area contributed by atoms with Gasteiger partial charge in [0, 0.05) is 5.56 Å². The van der Waals surface area contributed by atoms with E-state index in [4.69, 9.17) is 5.11 Å². The van der Waals surface area contributed by atoms with Gasteiger partial charge in [-0.15, -0.1) is 0 Å². The Balaban J connectivity index is 3.27. The van der Waals surface area contributed by atoms with Crippen molar-refractivity contribution in [2.45, 2.75) is 25.9 Å². The summed E-state index contributed by atoms with van der Waals surface area (Å²) in [5, 5.41) is 17.9. The first-order valence-corrected chi connectivity index (χ1v) is 4.67. The molecule has 1 aromatic rings. The first-order chi connectivity index (χ1) is 6.90. The largest absolute Gasteiger partial charge is 0.390 e. The SMILES string of the molecule is Cc1c(C(C)O)cccc1C(F)(F)CO. The van der Waals surface area contributed by atoms with Gasteiger partial charge in [0.15, 0.2) is 0 Å². The molecule has 0 saturated carbocycles. The molecule has 15 heavy (non-hydrogen) atoms. The van der Waals surface area contributed by atoms with Crippen LogP contribution in [0.5, 0.6) is 0 Å². The van der Waals surface area contributed by atoms with Crippen molar-refractivity contribution in [2.75, 3.05) is 6.61 Å². The Hall–Kier alpha value is -1.00. The molecule has 2 N–H and O–H groups in total. The topological polar surface area (TPSA) is 40.5 Å². The van der Waals surface area contributed by atoms with E-state index in [1.165, 1.54) is 26.0 Å². The normalized spacial score (nSPS) is 14.0. The van der Waals surface area contributed by atoms with E-state index in [-0.39, 0.29) is 5.56 Å². The quantitative estimate of drug-likeness (QED) is 0.812. The second-order valence-electron chi connectivity index (χ2n) is 3.56. The fourth-order valence-corrected chi connectivity index (χ4v) is 1.59. The second kappa shape index (κ2) is 4.24. The molecular weight excluding hydrogens is 202 g/mol. The molecule has 0 amide bonds. The minimum atomic E-state index is -3.25.